The summed E-state index contributed by atoms with van der Waals surface area (Å²) in [6.07, 6.45) is 0.834. The van der Waals surface area contributed by atoms with Gasteiger partial charge in [0.15, 0.2) is 5.16 Å². The molecule has 0 unspecified atom stereocenters. The fourth-order valence-electron chi connectivity index (χ4n) is 2.67. The fraction of sp³-hybridized carbons (Fsp3) is 0.647. The largest absolute Gasteiger partial charge is 0.440 e. The molecule has 0 saturated carbocycles. The second kappa shape index (κ2) is 6.30. The van der Waals surface area contributed by atoms with E-state index in [-0.39, 0.29) is 5.60 Å². The van der Waals surface area contributed by atoms with E-state index in [0.29, 0.717) is 22.8 Å². The van der Waals surface area contributed by atoms with Gasteiger partial charge in [0.25, 0.3) is 0 Å². The smallest absolute Gasteiger partial charge is 0.231 e. The van der Waals surface area contributed by atoms with Gasteiger partial charge in [0.2, 0.25) is 5.71 Å². The maximum Gasteiger partial charge on any atom is 0.231 e. The molecule has 0 aliphatic carbocycles. The Morgan fingerprint density at radius 3 is 2.39 bits per heavy atom. The van der Waals surface area contributed by atoms with E-state index in [0.717, 1.165) is 27.7 Å². The fourth-order valence-corrected chi connectivity index (χ4v) is 4.34. The topological polar surface area (TPSA) is 48.2 Å². The predicted octanol–water partition coefficient (Wildman–Crippen LogP) is 5.08. The van der Waals surface area contributed by atoms with Gasteiger partial charge in [-0.3, -0.25) is 0 Å². The van der Waals surface area contributed by atoms with Gasteiger partial charge in [-0.15, -0.1) is 11.8 Å². The molecule has 0 radical (unpaired) electrons. The third-order valence-electron chi connectivity index (χ3n) is 3.57. The van der Waals surface area contributed by atoms with E-state index in [9.17, 15) is 0 Å². The average molecular weight is 353 g/mol. The Labute approximate surface area is 146 Å². The lowest BCUT2D eigenvalue weighted by atomic mass is 9.94. The second-order valence-electron chi connectivity index (χ2n) is 7.05. The van der Waals surface area contributed by atoms with Gasteiger partial charge in [-0.1, -0.05) is 39.5 Å². The highest BCUT2D eigenvalue weighted by Gasteiger charge is 2.32. The lowest BCUT2D eigenvalue weighted by molar-refractivity contribution is -0.0477. The van der Waals surface area contributed by atoms with Crippen LogP contribution in [0, 0.1) is 0 Å². The summed E-state index contributed by atoms with van der Waals surface area (Å²) in [4.78, 5) is 9.48. The van der Waals surface area contributed by atoms with Gasteiger partial charge in [-0.05, 0) is 13.8 Å². The minimum atomic E-state index is -0.172. The van der Waals surface area contributed by atoms with E-state index in [1.807, 2.05) is 0 Å². The van der Waals surface area contributed by atoms with Crippen molar-refractivity contribution >= 4 is 34.6 Å². The van der Waals surface area contributed by atoms with E-state index in [2.05, 4.69) is 46.5 Å². The van der Waals surface area contributed by atoms with Crippen LogP contribution in [-0.2, 0) is 17.8 Å². The summed E-state index contributed by atoms with van der Waals surface area (Å²) in [5, 5.41) is 3.82. The van der Waals surface area contributed by atoms with Crippen molar-refractivity contribution in [1.82, 2.24) is 9.97 Å². The van der Waals surface area contributed by atoms with Gasteiger partial charge >= 0.3 is 0 Å². The summed E-state index contributed by atoms with van der Waals surface area (Å²) in [6.45, 7) is 13.4. The number of hydrogen-bond donors (Lipinski definition) is 0. The van der Waals surface area contributed by atoms with Gasteiger partial charge < -0.3 is 9.15 Å². The van der Waals surface area contributed by atoms with Crippen LogP contribution in [-0.4, -0.2) is 26.1 Å². The van der Waals surface area contributed by atoms with Crippen molar-refractivity contribution in [1.29, 1.82) is 0 Å². The maximum absolute atomic E-state index is 6.03. The molecule has 2 aromatic rings. The van der Waals surface area contributed by atoms with Crippen LogP contribution in [0.5, 0.6) is 0 Å². The Balaban J connectivity index is 2.15. The van der Waals surface area contributed by atoms with Gasteiger partial charge in [-0.25, -0.2) is 4.98 Å². The lowest BCUT2D eigenvalue weighted by Crippen LogP contribution is -2.31. The third-order valence-corrected chi connectivity index (χ3v) is 5.42. The molecule has 23 heavy (non-hydrogen) atoms. The van der Waals surface area contributed by atoms with Crippen LogP contribution in [0.3, 0.4) is 0 Å². The van der Waals surface area contributed by atoms with Crippen molar-refractivity contribution in [3.63, 3.8) is 0 Å². The normalized spacial score (nSPS) is 17.2. The van der Waals surface area contributed by atoms with Crippen molar-refractivity contribution < 1.29 is 9.15 Å². The SMILES string of the molecule is CC(C)Sc1nc(SC(C)C)c2c3c(oc2n1)COC(C)(C)C3. The number of furan rings is 1. The van der Waals surface area contributed by atoms with Crippen LogP contribution >= 0.6 is 23.5 Å². The molecule has 6 heteroatoms. The molecule has 0 N–H and O–H groups in total. The zero-order valence-electron chi connectivity index (χ0n) is 14.6. The molecule has 0 saturated heterocycles. The zero-order valence-corrected chi connectivity index (χ0v) is 16.2. The molecule has 3 rings (SSSR count). The minimum absolute atomic E-state index is 0.172. The number of ether oxygens (including phenoxy) is 1. The first-order valence-electron chi connectivity index (χ1n) is 8.05. The van der Waals surface area contributed by atoms with Crippen LogP contribution in [0.4, 0.5) is 0 Å². The first-order valence-corrected chi connectivity index (χ1v) is 9.80. The molecule has 0 atom stereocenters. The molecule has 126 valence electrons. The van der Waals surface area contributed by atoms with Crippen molar-refractivity contribution in [3.8, 4) is 0 Å². The maximum atomic E-state index is 6.03. The van der Waals surface area contributed by atoms with Gasteiger partial charge in [0, 0.05) is 22.5 Å². The zero-order chi connectivity index (χ0) is 16.8. The van der Waals surface area contributed by atoms with Gasteiger partial charge in [0.05, 0.1) is 11.0 Å². The molecule has 2 aromatic heterocycles. The minimum Gasteiger partial charge on any atom is -0.440 e. The van der Waals surface area contributed by atoms with Crippen molar-refractivity contribution in [2.24, 2.45) is 0 Å². The van der Waals surface area contributed by atoms with Crippen molar-refractivity contribution in [3.05, 3.63) is 11.3 Å². The molecule has 0 bridgehead atoms. The highest BCUT2D eigenvalue weighted by atomic mass is 32.2. The molecular formula is C17H24N2O2S2. The van der Waals surface area contributed by atoms with Gasteiger partial charge in [-0.2, -0.15) is 4.98 Å². The summed E-state index contributed by atoms with van der Waals surface area (Å²) in [5.41, 5.74) is 1.76. The van der Waals surface area contributed by atoms with E-state index >= 15 is 0 Å². The van der Waals surface area contributed by atoms with E-state index < -0.39 is 0 Å². The van der Waals surface area contributed by atoms with Crippen LogP contribution in [0.25, 0.3) is 11.1 Å². The Bertz CT molecular complexity index is 723. The quantitative estimate of drug-likeness (QED) is 0.435. The van der Waals surface area contributed by atoms with Crippen LogP contribution in [0.1, 0.15) is 52.9 Å². The first-order chi connectivity index (χ1) is 10.7. The van der Waals surface area contributed by atoms with Crippen LogP contribution < -0.4 is 0 Å². The molecule has 1 aliphatic heterocycles. The second-order valence-corrected chi connectivity index (χ2v) is 10.2. The van der Waals surface area contributed by atoms with E-state index in [4.69, 9.17) is 14.1 Å². The summed E-state index contributed by atoms with van der Waals surface area (Å²) in [6, 6.07) is 0. The number of fused-ring (bicyclic) bond motifs is 3. The first kappa shape index (κ1) is 17.1. The standard InChI is InChI=1S/C17H24N2O2S2/c1-9(2)22-15-13-11-7-17(5,6)20-8-12(11)21-14(13)18-16(19-15)23-10(3)4/h9-10H,7-8H2,1-6H3. The molecule has 0 spiro atoms. The number of hydrogen-bond acceptors (Lipinski definition) is 6. The Morgan fingerprint density at radius 2 is 1.74 bits per heavy atom. The third kappa shape index (κ3) is 3.69. The lowest BCUT2D eigenvalue weighted by Gasteiger charge is -2.29. The molecule has 0 amide bonds. The Kier molecular flexibility index (Phi) is 4.69. The number of rotatable bonds is 4. The van der Waals surface area contributed by atoms with Gasteiger partial charge in [0.1, 0.15) is 17.4 Å². The Morgan fingerprint density at radius 1 is 1.04 bits per heavy atom. The number of nitrogens with zero attached hydrogens (tertiary/aromatic N) is 2. The summed E-state index contributed by atoms with van der Waals surface area (Å²) in [5.74, 6) is 0.908. The molecule has 1 aliphatic rings. The van der Waals surface area contributed by atoms with Crippen molar-refractivity contribution in [2.75, 3.05) is 0 Å². The predicted molar refractivity (Wildman–Crippen MR) is 96.4 cm³/mol. The summed E-state index contributed by atoms with van der Waals surface area (Å²) >= 11 is 3.45. The summed E-state index contributed by atoms with van der Waals surface area (Å²) < 4.78 is 11.9. The average Bonchev–Trinajstić information content (AvgIpc) is 2.73. The molecule has 4 nitrogen and oxygen atoms in total. The van der Waals surface area contributed by atoms with Crippen molar-refractivity contribution in [2.45, 2.75) is 80.9 Å². The monoisotopic (exact) mass is 352 g/mol. The molecule has 0 fully saturated rings. The molecule has 3 heterocycles. The number of aromatic nitrogens is 2. The van der Waals surface area contributed by atoms with Crippen LogP contribution in [0.15, 0.2) is 14.6 Å². The van der Waals surface area contributed by atoms with E-state index in [1.165, 1.54) is 5.56 Å². The van der Waals surface area contributed by atoms with Crippen LogP contribution in [0.2, 0.25) is 0 Å². The van der Waals surface area contributed by atoms with E-state index in [1.54, 1.807) is 23.5 Å². The highest BCUT2D eigenvalue weighted by Crippen LogP contribution is 2.40. The number of thioether (sulfide) groups is 2. The highest BCUT2D eigenvalue weighted by molar-refractivity contribution is 8.00. The molecule has 0 aromatic carbocycles. The molecular weight excluding hydrogens is 328 g/mol. The Hall–Kier alpha value is -0.720. The summed E-state index contributed by atoms with van der Waals surface area (Å²) in [7, 11) is 0.